The highest BCUT2D eigenvalue weighted by molar-refractivity contribution is 5.68. The van der Waals surface area contributed by atoms with Gasteiger partial charge in [0.2, 0.25) is 0 Å². The third kappa shape index (κ3) is 3.66. The lowest BCUT2D eigenvalue weighted by Gasteiger charge is -2.34. The van der Waals surface area contributed by atoms with Crippen molar-refractivity contribution in [2.75, 3.05) is 13.1 Å². The van der Waals surface area contributed by atoms with Crippen molar-refractivity contribution in [2.24, 2.45) is 5.73 Å². The van der Waals surface area contributed by atoms with Crippen LogP contribution < -0.4 is 5.73 Å². The average molecular weight is 218 g/mol. The zero-order valence-electron chi connectivity index (χ0n) is 9.50. The van der Waals surface area contributed by atoms with Gasteiger partial charge in [0.15, 0.2) is 0 Å². The summed E-state index contributed by atoms with van der Waals surface area (Å²) >= 11 is 0. The summed E-state index contributed by atoms with van der Waals surface area (Å²) in [6.07, 6.45) is -1.13. The molecule has 0 aliphatic carbocycles. The molecule has 88 valence electrons. The summed E-state index contributed by atoms with van der Waals surface area (Å²) in [6, 6.07) is -0.591. The van der Waals surface area contributed by atoms with E-state index >= 15 is 0 Å². The van der Waals surface area contributed by atoms with Crippen LogP contribution in [0.1, 0.15) is 27.2 Å². The van der Waals surface area contributed by atoms with Crippen LogP contribution in [0.15, 0.2) is 0 Å². The summed E-state index contributed by atoms with van der Waals surface area (Å²) in [7, 11) is 0. The maximum Gasteiger partial charge on any atom is 0.410 e. The maximum absolute atomic E-state index is 13.0. The molecule has 1 rings (SSSR count). The molecule has 1 saturated heterocycles. The highest BCUT2D eigenvalue weighted by Crippen LogP contribution is 2.16. The van der Waals surface area contributed by atoms with E-state index in [0.717, 1.165) is 0 Å². The van der Waals surface area contributed by atoms with E-state index in [0.29, 0.717) is 13.0 Å². The number of piperidine rings is 1. The van der Waals surface area contributed by atoms with Gasteiger partial charge in [0, 0.05) is 13.1 Å². The van der Waals surface area contributed by atoms with Crippen LogP contribution in [0, 0.1) is 0 Å². The highest BCUT2D eigenvalue weighted by Gasteiger charge is 2.31. The Morgan fingerprint density at radius 2 is 2.13 bits per heavy atom. The summed E-state index contributed by atoms with van der Waals surface area (Å²) in [5.41, 5.74) is 5.03. The molecule has 4 nitrogen and oxygen atoms in total. The van der Waals surface area contributed by atoms with Gasteiger partial charge in [-0.2, -0.15) is 0 Å². The lowest BCUT2D eigenvalue weighted by molar-refractivity contribution is 0.0139. The van der Waals surface area contributed by atoms with Gasteiger partial charge in [-0.1, -0.05) is 0 Å². The summed E-state index contributed by atoms with van der Waals surface area (Å²) < 4.78 is 18.2. The van der Waals surface area contributed by atoms with Crippen molar-refractivity contribution in [1.29, 1.82) is 0 Å². The molecule has 0 aromatic heterocycles. The molecule has 5 heteroatoms. The molecule has 1 aliphatic heterocycles. The molecule has 2 unspecified atom stereocenters. The number of hydrogen-bond donors (Lipinski definition) is 1. The number of rotatable bonds is 0. The molecule has 0 spiro atoms. The van der Waals surface area contributed by atoms with E-state index in [1.165, 1.54) is 4.90 Å². The van der Waals surface area contributed by atoms with Crippen molar-refractivity contribution < 1.29 is 13.9 Å². The van der Waals surface area contributed by atoms with E-state index in [9.17, 15) is 9.18 Å². The van der Waals surface area contributed by atoms with Gasteiger partial charge in [-0.3, -0.25) is 0 Å². The zero-order chi connectivity index (χ0) is 11.6. The fourth-order valence-electron chi connectivity index (χ4n) is 1.45. The Labute approximate surface area is 89.6 Å². The van der Waals surface area contributed by atoms with E-state index < -0.39 is 23.9 Å². The van der Waals surface area contributed by atoms with Crippen LogP contribution in [-0.4, -0.2) is 41.9 Å². The summed E-state index contributed by atoms with van der Waals surface area (Å²) in [6.45, 7) is 6.01. The third-order valence-electron chi connectivity index (χ3n) is 2.22. The topological polar surface area (TPSA) is 55.6 Å². The molecule has 0 aromatic rings. The molecule has 1 heterocycles. The molecule has 1 amide bonds. The third-order valence-corrected chi connectivity index (χ3v) is 2.22. The maximum atomic E-state index is 13.0. The summed E-state index contributed by atoms with van der Waals surface area (Å²) in [5.74, 6) is 0. The van der Waals surface area contributed by atoms with Crippen molar-refractivity contribution >= 4 is 6.09 Å². The second kappa shape index (κ2) is 4.35. The Balaban J connectivity index is 2.48. The van der Waals surface area contributed by atoms with Gasteiger partial charge in [-0.05, 0) is 27.2 Å². The van der Waals surface area contributed by atoms with Crippen LogP contribution >= 0.6 is 0 Å². The highest BCUT2D eigenvalue weighted by atomic mass is 19.1. The number of nitrogens with zero attached hydrogens (tertiary/aromatic N) is 1. The van der Waals surface area contributed by atoms with Gasteiger partial charge in [-0.15, -0.1) is 0 Å². The van der Waals surface area contributed by atoms with Gasteiger partial charge in [0.1, 0.15) is 11.8 Å². The predicted octanol–water partition coefficient (Wildman–Crippen LogP) is 1.29. The van der Waals surface area contributed by atoms with Gasteiger partial charge in [0.05, 0.1) is 6.04 Å². The van der Waals surface area contributed by atoms with E-state index in [-0.39, 0.29) is 6.54 Å². The monoisotopic (exact) mass is 218 g/mol. The van der Waals surface area contributed by atoms with E-state index in [1.807, 2.05) is 0 Å². The van der Waals surface area contributed by atoms with E-state index in [2.05, 4.69) is 0 Å². The molecular formula is C10H19FN2O2. The quantitative estimate of drug-likeness (QED) is 0.666. The standard InChI is InChI=1S/C10H19FN2O2/c1-10(2,3)15-9(14)13-5-4-7(11)8(12)6-13/h7-8H,4-6,12H2,1-3H3. The number of ether oxygens (including phenoxy) is 1. The number of likely N-dealkylation sites (tertiary alicyclic amines) is 1. The minimum Gasteiger partial charge on any atom is -0.444 e. The normalized spacial score (nSPS) is 27.7. The SMILES string of the molecule is CC(C)(C)OC(=O)N1CCC(F)C(N)C1. The van der Waals surface area contributed by atoms with E-state index in [4.69, 9.17) is 10.5 Å². The lowest BCUT2D eigenvalue weighted by atomic mass is 10.1. The van der Waals surface area contributed by atoms with Gasteiger partial charge in [0.25, 0.3) is 0 Å². The molecule has 1 fully saturated rings. The van der Waals surface area contributed by atoms with Crippen LogP contribution in [-0.2, 0) is 4.74 Å². The molecule has 0 aromatic carbocycles. The average Bonchev–Trinajstić information content (AvgIpc) is 2.06. The van der Waals surface area contributed by atoms with Crippen molar-refractivity contribution in [1.82, 2.24) is 4.90 Å². The Morgan fingerprint density at radius 1 is 1.53 bits per heavy atom. The zero-order valence-corrected chi connectivity index (χ0v) is 9.50. The van der Waals surface area contributed by atoms with Crippen LogP contribution in [0.3, 0.4) is 0 Å². The van der Waals surface area contributed by atoms with Gasteiger partial charge in [-0.25, -0.2) is 9.18 Å². The lowest BCUT2D eigenvalue weighted by Crippen LogP contribution is -2.52. The fourth-order valence-corrected chi connectivity index (χ4v) is 1.45. The first-order valence-electron chi connectivity index (χ1n) is 5.17. The minimum atomic E-state index is -1.01. The molecule has 0 bridgehead atoms. The summed E-state index contributed by atoms with van der Waals surface area (Å²) in [4.78, 5) is 13.1. The Morgan fingerprint density at radius 3 is 2.60 bits per heavy atom. The fraction of sp³-hybridized carbons (Fsp3) is 0.900. The number of alkyl halides is 1. The second-order valence-corrected chi connectivity index (χ2v) is 4.89. The minimum absolute atomic E-state index is 0.232. The van der Waals surface area contributed by atoms with Crippen LogP contribution in [0.25, 0.3) is 0 Å². The number of nitrogens with two attached hydrogens (primary N) is 1. The molecule has 0 saturated carbocycles. The number of carbonyl (C=O) groups is 1. The van der Waals surface area contributed by atoms with Crippen LogP contribution in [0.5, 0.6) is 0 Å². The smallest absolute Gasteiger partial charge is 0.410 e. The Kier molecular flexibility index (Phi) is 3.54. The van der Waals surface area contributed by atoms with Crippen molar-refractivity contribution in [3.63, 3.8) is 0 Å². The summed E-state index contributed by atoms with van der Waals surface area (Å²) in [5, 5.41) is 0. The predicted molar refractivity (Wildman–Crippen MR) is 55.3 cm³/mol. The molecular weight excluding hydrogens is 199 g/mol. The van der Waals surface area contributed by atoms with E-state index in [1.54, 1.807) is 20.8 Å². The van der Waals surface area contributed by atoms with Crippen molar-refractivity contribution in [3.05, 3.63) is 0 Å². The number of carbonyl (C=O) groups excluding carboxylic acids is 1. The first-order valence-corrected chi connectivity index (χ1v) is 5.17. The molecule has 0 radical (unpaired) electrons. The van der Waals surface area contributed by atoms with Crippen LogP contribution in [0.2, 0.25) is 0 Å². The molecule has 2 atom stereocenters. The van der Waals surface area contributed by atoms with Gasteiger partial charge >= 0.3 is 6.09 Å². The molecule has 1 aliphatic rings. The second-order valence-electron chi connectivity index (χ2n) is 4.89. The number of amides is 1. The van der Waals surface area contributed by atoms with Gasteiger partial charge < -0.3 is 15.4 Å². The molecule has 15 heavy (non-hydrogen) atoms. The Bertz CT molecular complexity index is 240. The number of hydrogen-bond acceptors (Lipinski definition) is 3. The first kappa shape index (κ1) is 12.2. The van der Waals surface area contributed by atoms with Crippen LogP contribution in [0.4, 0.5) is 9.18 Å². The molecule has 2 N–H and O–H groups in total. The van der Waals surface area contributed by atoms with Crippen molar-refractivity contribution in [3.8, 4) is 0 Å². The Hall–Kier alpha value is -0.840. The first-order chi connectivity index (χ1) is 6.79. The van der Waals surface area contributed by atoms with Crippen molar-refractivity contribution in [2.45, 2.75) is 45.0 Å². The number of halogens is 1. The largest absolute Gasteiger partial charge is 0.444 e.